The molecule has 0 aliphatic rings. The van der Waals surface area contributed by atoms with Crippen LogP contribution in [0.1, 0.15) is 0 Å². The van der Waals surface area contributed by atoms with E-state index >= 15 is 0 Å². The number of aromatic nitrogens is 2. The van der Waals surface area contributed by atoms with E-state index in [0.717, 1.165) is 11.8 Å². The van der Waals surface area contributed by atoms with Gasteiger partial charge in [-0.3, -0.25) is 4.79 Å². The van der Waals surface area contributed by atoms with Gasteiger partial charge in [0.1, 0.15) is 11.6 Å². The van der Waals surface area contributed by atoms with E-state index in [1.807, 2.05) is 18.2 Å². The Morgan fingerprint density at radius 2 is 2.12 bits per heavy atom. The molecule has 5 nitrogen and oxygen atoms in total. The van der Waals surface area contributed by atoms with Crippen molar-refractivity contribution >= 4 is 23.2 Å². The molecule has 1 aromatic heterocycles. The Balaban J connectivity index is 1.67. The van der Waals surface area contributed by atoms with Crippen molar-refractivity contribution in [2.45, 2.75) is 0 Å². The topological polar surface area (TPSA) is 56.2 Å². The molecule has 24 heavy (non-hydrogen) atoms. The highest BCUT2D eigenvalue weighted by Gasteiger charge is 2.10. The number of nitrogens with one attached hydrogen (secondary N) is 1. The second-order valence-corrected chi connectivity index (χ2v) is 5.31. The van der Waals surface area contributed by atoms with E-state index in [4.69, 9.17) is 16.3 Å². The number of carbonyl (C=O) groups excluding carboxylic acids is 1. The third-order valence-corrected chi connectivity index (χ3v) is 3.52. The van der Waals surface area contributed by atoms with Gasteiger partial charge in [-0.05, 0) is 30.3 Å². The maximum Gasteiger partial charge on any atom is 0.262 e. The molecular weight excluding hydrogens is 333 g/mol. The molecule has 0 spiro atoms. The van der Waals surface area contributed by atoms with E-state index in [2.05, 4.69) is 10.3 Å². The fourth-order valence-electron chi connectivity index (χ4n) is 2.11. The van der Waals surface area contributed by atoms with Gasteiger partial charge in [0, 0.05) is 12.4 Å². The summed E-state index contributed by atoms with van der Waals surface area (Å²) in [6, 6.07) is 11.0. The van der Waals surface area contributed by atoms with Crippen LogP contribution >= 0.6 is 11.6 Å². The quantitative estimate of drug-likeness (QED) is 0.767. The summed E-state index contributed by atoms with van der Waals surface area (Å²) in [6.45, 7) is -0.209. The van der Waals surface area contributed by atoms with Crippen molar-refractivity contribution in [3.63, 3.8) is 0 Å². The lowest BCUT2D eigenvalue weighted by atomic mass is 10.3. The van der Waals surface area contributed by atoms with Crippen LogP contribution in [0.5, 0.6) is 5.75 Å². The van der Waals surface area contributed by atoms with Gasteiger partial charge >= 0.3 is 0 Å². The van der Waals surface area contributed by atoms with Crippen LogP contribution in [0, 0.1) is 5.82 Å². The van der Waals surface area contributed by atoms with E-state index in [1.165, 1.54) is 12.1 Å². The fraction of sp³-hybridized carbons (Fsp3) is 0.0588. The summed E-state index contributed by atoms with van der Waals surface area (Å²) in [5.41, 5.74) is 1.09. The Morgan fingerprint density at radius 3 is 2.88 bits per heavy atom. The van der Waals surface area contributed by atoms with Gasteiger partial charge in [0.15, 0.2) is 6.61 Å². The number of rotatable bonds is 5. The smallest absolute Gasteiger partial charge is 0.262 e. The minimum absolute atomic E-state index is 0.127. The average Bonchev–Trinajstić information content (AvgIpc) is 3.10. The van der Waals surface area contributed by atoms with Gasteiger partial charge in [0.05, 0.1) is 22.7 Å². The summed E-state index contributed by atoms with van der Waals surface area (Å²) in [6.07, 6.45) is 5.07. The molecule has 0 aliphatic heterocycles. The molecule has 3 aromatic rings. The molecule has 1 N–H and O–H groups in total. The van der Waals surface area contributed by atoms with Crippen LogP contribution in [0.25, 0.3) is 5.69 Å². The van der Waals surface area contributed by atoms with Crippen molar-refractivity contribution in [2.75, 3.05) is 11.9 Å². The van der Waals surface area contributed by atoms with Crippen LogP contribution in [0.2, 0.25) is 5.02 Å². The molecule has 0 aliphatic carbocycles. The molecule has 0 atom stereocenters. The minimum Gasteiger partial charge on any atom is -0.482 e. The first-order chi connectivity index (χ1) is 11.6. The van der Waals surface area contributed by atoms with Gasteiger partial charge in [-0.2, -0.15) is 0 Å². The summed E-state index contributed by atoms with van der Waals surface area (Å²) in [5.74, 6) is -0.330. The number of hydrogen-bond acceptors (Lipinski definition) is 3. The van der Waals surface area contributed by atoms with Gasteiger partial charge in [0.2, 0.25) is 0 Å². The lowest BCUT2D eigenvalue weighted by Crippen LogP contribution is -2.20. The average molecular weight is 346 g/mol. The maximum atomic E-state index is 13.0. The lowest BCUT2D eigenvalue weighted by Gasteiger charge is -2.12. The molecule has 1 amide bonds. The number of hydrogen-bond donors (Lipinski definition) is 1. The molecule has 7 heteroatoms. The zero-order valence-electron chi connectivity index (χ0n) is 12.4. The molecule has 122 valence electrons. The molecule has 0 bridgehead atoms. The van der Waals surface area contributed by atoms with E-state index in [1.54, 1.807) is 29.4 Å². The summed E-state index contributed by atoms with van der Waals surface area (Å²) in [5, 5.41) is 2.71. The van der Waals surface area contributed by atoms with Crippen molar-refractivity contribution in [3.05, 3.63) is 72.0 Å². The third kappa shape index (κ3) is 3.72. The SMILES string of the molecule is O=C(COc1ccccc1-n1ccnc1)Nc1ccc(F)cc1Cl. The predicted octanol–water partition coefficient (Wildman–Crippen LogP) is 3.68. The normalized spacial score (nSPS) is 10.4. The van der Waals surface area contributed by atoms with Crippen molar-refractivity contribution in [1.82, 2.24) is 9.55 Å². The van der Waals surface area contributed by atoms with Crippen molar-refractivity contribution in [3.8, 4) is 11.4 Å². The van der Waals surface area contributed by atoms with E-state index in [0.29, 0.717) is 11.4 Å². The van der Waals surface area contributed by atoms with E-state index in [9.17, 15) is 9.18 Å². The zero-order chi connectivity index (χ0) is 16.9. The highest BCUT2D eigenvalue weighted by atomic mass is 35.5. The second kappa shape index (κ2) is 7.14. The first-order valence-electron chi connectivity index (χ1n) is 7.08. The van der Waals surface area contributed by atoms with Crippen molar-refractivity contribution < 1.29 is 13.9 Å². The monoisotopic (exact) mass is 345 g/mol. The maximum absolute atomic E-state index is 13.0. The lowest BCUT2D eigenvalue weighted by molar-refractivity contribution is -0.118. The van der Waals surface area contributed by atoms with Crippen LogP contribution in [0.15, 0.2) is 61.2 Å². The highest BCUT2D eigenvalue weighted by molar-refractivity contribution is 6.33. The van der Waals surface area contributed by atoms with E-state index < -0.39 is 11.7 Å². The standard InChI is InChI=1S/C17H13ClFN3O2/c18-13-9-12(19)5-6-14(13)21-17(23)10-24-16-4-2-1-3-15(16)22-8-7-20-11-22/h1-9,11H,10H2,(H,21,23). The summed E-state index contributed by atoms with van der Waals surface area (Å²) in [7, 11) is 0. The van der Waals surface area contributed by atoms with Gasteiger partial charge in [-0.25, -0.2) is 9.37 Å². The van der Waals surface area contributed by atoms with Crippen LogP contribution in [-0.2, 0) is 4.79 Å². The molecule has 0 unspecified atom stereocenters. The molecule has 0 radical (unpaired) electrons. The Morgan fingerprint density at radius 1 is 1.29 bits per heavy atom. The van der Waals surface area contributed by atoms with Crippen LogP contribution in [-0.4, -0.2) is 22.1 Å². The van der Waals surface area contributed by atoms with Gasteiger partial charge in [-0.15, -0.1) is 0 Å². The number of nitrogens with zero attached hydrogens (tertiary/aromatic N) is 2. The number of benzene rings is 2. The Bertz CT molecular complexity index is 853. The van der Waals surface area contributed by atoms with Crippen molar-refractivity contribution in [2.24, 2.45) is 0 Å². The summed E-state index contributed by atoms with van der Waals surface area (Å²) >= 11 is 5.88. The molecule has 1 heterocycles. The predicted molar refractivity (Wildman–Crippen MR) is 89.1 cm³/mol. The summed E-state index contributed by atoms with van der Waals surface area (Å²) in [4.78, 5) is 16.0. The minimum atomic E-state index is -0.469. The Labute approximate surface area is 142 Å². The number of halogens is 2. The van der Waals surface area contributed by atoms with Gasteiger partial charge in [0.25, 0.3) is 5.91 Å². The number of para-hydroxylation sites is 2. The third-order valence-electron chi connectivity index (χ3n) is 3.21. The molecule has 0 fully saturated rings. The molecular formula is C17H13ClFN3O2. The first-order valence-corrected chi connectivity index (χ1v) is 7.46. The van der Waals surface area contributed by atoms with Crippen LogP contribution < -0.4 is 10.1 Å². The van der Waals surface area contributed by atoms with E-state index in [-0.39, 0.29) is 11.6 Å². The van der Waals surface area contributed by atoms with Crippen LogP contribution in [0.4, 0.5) is 10.1 Å². The molecule has 0 saturated heterocycles. The fourth-order valence-corrected chi connectivity index (χ4v) is 2.33. The number of carbonyl (C=O) groups is 1. The molecule has 0 saturated carbocycles. The number of ether oxygens (including phenoxy) is 1. The Kier molecular flexibility index (Phi) is 4.77. The highest BCUT2D eigenvalue weighted by Crippen LogP contribution is 2.24. The van der Waals surface area contributed by atoms with Gasteiger partial charge in [-0.1, -0.05) is 23.7 Å². The zero-order valence-corrected chi connectivity index (χ0v) is 13.2. The molecule has 2 aromatic carbocycles. The second-order valence-electron chi connectivity index (χ2n) is 4.90. The summed E-state index contributed by atoms with van der Waals surface area (Å²) < 4.78 is 20.4. The van der Waals surface area contributed by atoms with Crippen LogP contribution in [0.3, 0.4) is 0 Å². The largest absolute Gasteiger partial charge is 0.482 e. The number of amides is 1. The number of imidazole rings is 1. The first kappa shape index (κ1) is 16.0. The number of anilines is 1. The van der Waals surface area contributed by atoms with Gasteiger partial charge < -0.3 is 14.6 Å². The van der Waals surface area contributed by atoms with Crippen molar-refractivity contribution in [1.29, 1.82) is 0 Å². The molecule has 3 rings (SSSR count). The Hall–Kier alpha value is -2.86.